The van der Waals surface area contributed by atoms with E-state index in [1.165, 1.54) is 0 Å². The molecule has 2 rings (SSSR count). The maximum absolute atomic E-state index is 5.63. The summed E-state index contributed by atoms with van der Waals surface area (Å²) >= 11 is 2.11. The zero-order valence-electron chi connectivity index (χ0n) is 8.95. The van der Waals surface area contributed by atoms with Crippen LogP contribution in [-0.2, 0) is 0 Å². The van der Waals surface area contributed by atoms with E-state index in [4.69, 9.17) is 15.0 Å². The number of rotatable bonds is 2. The molecular formula is C11H11IN2O2. The normalized spacial score (nSPS) is 10.4. The number of anilines is 1. The fraction of sp³-hybridized carbons (Fsp3) is 0.182. The van der Waals surface area contributed by atoms with E-state index in [1.807, 2.05) is 25.1 Å². The Morgan fingerprint density at radius 1 is 1.44 bits per heavy atom. The van der Waals surface area contributed by atoms with Gasteiger partial charge in [-0.05, 0) is 41.1 Å². The van der Waals surface area contributed by atoms with Crippen LogP contribution in [0.15, 0.2) is 22.7 Å². The van der Waals surface area contributed by atoms with E-state index in [9.17, 15) is 0 Å². The summed E-state index contributed by atoms with van der Waals surface area (Å²) in [6.45, 7) is 1.99. The second-order valence-electron chi connectivity index (χ2n) is 3.40. The Balaban J connectivity index is 2.52. The minimum atomic E-state index is 0.412. The smallest absolute Gasteiger partial charge is 0.182 e. The van der Waals surface area contributed by atoms with Crippen molar-refractivity contribution in [1.82, 2.24) is 5.16 Å². The number of nitrogens with two attached hydrogens (primary N) is 1. The van der Waals surface area contributed by atoms with Crippen LogP contribution in [0.2, 0.25) is 0 Å². The summed E-state index contributed by atoms with van der Waals surface area (Å²) in [6, 6.07) is 5.85. The largest absolute Gasteiger partial charge is 0.496 e. The molecule has 2 aromatic rings. The lowest BCUT2D eigenvalue weighted by Crippen LogP contribution is -1.89. The van der Waals surface area contributed by atoms with E-state index in [0.717, 1.165) is 20.4 Å². The lowest BCUT2D eigenvalue weighted by Gasteiger charge is -2.05. The molecule has 16 heavy (non-hydrogen) atoms. The highest BCUT2D eigenvalue weighted by molar-refractivity contribution is 14.1. The molecule has 1 heterocycles. The molecule has 2 N–H and O–H groups in total. The Bertz CT molecular complexity index is 523. The third-order valence-corrected chi connectivity index (χ3v) is 3.37. The fourth-order valence-corrected chi connectivity index (χ4v) is 1.94. The van der Waals surface area contributed by atoms with Gasteiger partial charge in [-0.2, -0.15) is 0 Å². The number of ether oxygens (including phenoxy) is 1. The number of hydrogen-bond acceptors (Lipinski definition) is 4. The minimum Gasteiger partial charge on any atom is -0.496 e. The van der Waals surface area contributed by atoms with Crippen LogP contribution in [0.3, 0.4) is 0 Å². The summed E-state index contributed by atoms with van der Waals surface area (Å²) in [6.07, 6.45) is 0. The first-order valence-electron chi connectivity index (χ1n) is 4.69. The van der Waals surface area contributed by atoms with Gasteiger partial charge in [-0.15, -0.1) is 0 Å². The molecule has 0 bridgehead atoms. The highest BCUT2D eigenvalue weighted by atomic mass is 127. The molecule has 0 aliphatic heterocycles. The predicted octanol–water partition coefficient (Wildman–Crippen LogP) is 2.85. The number of nitrogens with zero attached hydrogens (tertiary/aromatic N) is 1. The maximum atomic E-state index is 5.63. The van der Waals surface area contributed by atoms with Crippen molar-refractivity contribution in [1.29, 1.82) is 0 Å². The monoisotopic (exact) mass is 330 g/mol. The molecule has 0 unspecified atom stereocenters. The molecule has 0 amide bonds. The van der Waals surface area contributed by atoms with Crippen LogP contribution in [0.4, 0.5) is 5.82 Å². The van der Waals surface area contributed by atoms with Gasteiger partial charge in [0.15, 0.2) is 11.6 Å². The number of aryl methyl sites for hydroxylation is 1. The third kappa shape index (κ3) is 1.87. The van der Waals surface area contributed by atoms with Crippen LogP contribution in [0.1, 0.15) is 5.56 Å². The maximum Gasteiger partial charge on any atom is 0.182 e. The Labute approximate surface area is 107 Å². The molecule has 0 saturated heterocycles. The van der Waals surface area contributed by atoms with Crippen molar-refractivity contribution in [3.63, 3.8) is 0 Å². The summed E-state index contributed by atoms with van der Waals surface area (Å²) in [4.78, 5) is 0. The number of benzene rings is 1. The molecular weight excluding hydrogens is 319 g/mol. The molecule has 84 valence electrons. The number of hydrogen-bond donors (Lipinski definition) is 1. The summed E-state index contributed by atoms with van der Waals surface area (Å²) < 4.78 is 11.3. The van der Waals surface area contributed by atoms with E-state index >= 15 is 0 Å². The SMILES string of the molecule is COc1cc(-c2onc(N)c2I)ccc1C. The van der Waals surface area contributed by atoms with Gasteiger partial charge in [-0.1, -0.05) is 17.3 Å². The molecule has 0 radical (unpaired) electrons. The van der Waals surface area contributed by atoms with Crippen molar-refractivity contribution in [2.45, 2.75) is 6.92 Å². The van der Waals surface area contributed by atoms with Gasteiger partial charge in [-0.3, -0.25) is 0 Å². The summed E-state index contributed by atoms with van der Waals surface area (Å²) in [5.41, 5.74) is 7.63. The molecule has 5 heteroatoms. The quantitative estimate of drug-likeness (QED) is 0.860. The van der Waals surface area contributed by atoms with Gasteiger partial charge in [-0.25, -0.2) is 0 Å². The molecule has 0 atom stereocenters. The average molecular weight is 330 g/mol. The highest BCUT2D eigenvalue weighted by Crippen LogP contribution is 2.32. The van der Waals surface area contributed by atoms with Gasteiger partial charge in [0.25, 0.3) is 0 Å². The van der Waals surface area contributed by atoms with Crippen molar-refractivity contribution in [2.75, 3.05) is 12.8 Å². The average Bonchev–Trinajstić information content (AvgIpc) is 2.61. The van der Waals surface area contributed by atoms with Gasteiger partial charge in [0.05, 0.1) is 7.11 Å². The number of halogens is 1. The van der Waals surface area contributed by atoms with Crippen molar-refractivity contribution in [3.05, 3.63) is 27.3 Å². The second kappa shape index (κ2) is 4.32. The Morgan fingerprint density at radius 3 is 2.75 bits per heavy atom. The first kappa shape index (κ1) is 11.3. The Kier molecular flexibility index (Phi) is 3.04. The summed E-state index contributed by atoms with van der Waals surface area (Å²) in [5, 5.41) is 3.72. The first-order chi connectivity index (χ1) is 7.63. The van der Waals surface area contributed by atoms with Crippen molar-refractivity contribution in [3.8, 4) is 17.1 Å². The minimum absolute atomic E-state index is 0.412. The molecule has 1 aromatic heterocycles. The summed E-state index contributed by atoms with van der Waals surface area (Å²) in [7, 11) is 1.64. The van der Waals surface area contributed by atoms with Crippen molar-refractivity contribution >= 4 is 28.4 Å². The van der Waals surface area contributed by atoms with E-state index in [2.05, 4.69) is 27.7 Å². The molecule has 0 fully saturated rings. The van der Waals surface area contributed by atoms with Crippen LogP contribution in [0, 0.1) is 10.5 Å². The topological polar surface area (TPSA) is 61.3 Å². The molecule has 0 spiro atoms. The summed E-state index contributed by atoms with van der Waals surface area (Å²) in [5.74, 6) is 1.91. The lowest BCUT2D eigenvalue weighted by molar-refractivity contribution is 0.410. The van der Waals surface area contributed by atoms with Gasteiger partial charge < -0.3 is 15.0 Å². The lowest BCUT2D eigenvalue weighted by atomic mass is 10.1. The van der Waals surface area contributed by atoms with Crippen LogP contribution in [0.5, 0.6) is 5.75 Å². The van der Waals surface area contributed by atoms with Gasteiger partial charge >= 0.3 is 0 Å². The van der Waals surface area contributed by atoms with Crippen LogP contribution < -0.4 is 10.5 Å². The molecule has 0 saturated carbocycles. The molecule has 4 nitrogen and oxygen atoms in total. The Hall–Kier alpha value is -1.24. The van der Waals surface area contributed by atoms with Crippen molar-refractivity contribution in [2.24, 2.45) is 0 Å². The van der Waals surface area contributed by atoms with Gasteiger partial charge in [0, 0.05) is 5.56 Å². The fourth-order valence-electron chi connectivity index (χ4n) is 1.43. The first-order valence-corrected chi connectivity index (χ1v) is 5.77. The van der Waals surface area contributed by atoms with E-state index in [1.54, 1.807) is 7.11 Å². The highest BCUT2D eigenvalue weighted by Gasteiger charge is 2.14. The molecule has 0 aliphatic carbocycles. The van der Waals surface area contributed by atoms with E-state index < -0.39 is 0 Å². The predicted molar refractivity (Wildman–Crippen MR) is 70.4 cm³/mol. The van der Waals surface area contributed by atoms with E-state index in [-0.39, 0.29) is 0 Å². The second-order valence-corrected chi connectivity index (χ2v) is 4.47. The number of methoxy groups -OCH3 is 1. The van der Waals surface area contributed by atoms with Gasteiger partial charge in [0.2, 0.25) is 0 Å². The number of aromatic nitrogens is 1. The third-order valence-electron chi connectivity index (χ3n) is 2.33. The zero-order valence-corrected chi connectivity index (χ0v) is 11.1. The standard InChI is InChI=1S/C11H11IN2O2/c1-6-3-4-7(5-8(6)15-2)10-9(12)11(13)14-16-10/h3-5H,1-2H3,(H2,13,14). The number of nitrogen functional groups attached to an aromatic ring is 1. The van der Waals surface area contributed by atoms with Crippen LogP contribution in [-0.4, -0.2) is 12.3 Å². The van der Waals surface area contributed by atoms with Crippen LogP contribution >= 0.6 is 22.6 Å². The van der Waals surface area contributed by atoms with Crippen molar-refractivity contribution < 1.29 is 9.26 Å². The molecule has 1 aromatic carbocycles. The molecule has 0 aliphatic rings. The van der Waals surface area contributed by atoms with Crippen LogP contribution in [0.25, 0.3) is 11.3 Å². The van der Waals surface area contributed by atoms with Gasteiger partial charge in [0.1, 0.15) is 9.32 Å². The Morgan fingerprint density at radius 2 is 2.19 bits per heavy atom. The zero-order chi connectivity index (χ0) is 11.7. The van der Waals surface area contributed by atoms with E-state index in [0.29, 0.717) is 11.6 Å².